The standard InChI is InChI=1S/C8H12F3N3/c1-3-14-7(8(9,10)11)4-6(13-14)5(2)12/h4-5H,3,12H2,1-2H3. The highest BCUT2D eigenvalue weighted by molar-refractivity contribution is 5.15. The number of aryl methyl sites for hydroxylation is 1. The summed E-state index contributed by atoms with van der Waals surface area (Å²) < 4.78 is 38.1. The summed E-state index contributed by atoms with van der Waals surface area (Å²) >= 11 is 0. The van der Waals surface area contributed by atoms with Gasteiger partial charge in [-0.1, -0.05) is 0 Å². The van der Waals surface area contributed by atoms with Gasteiger partial charge in [-0.3, -0.25) is 4.68 Å². The first-order valence-corrected chi connectivity index (χ1v) is 4.26. The lowest BCUT2D eigenvalue weighted by atomic mass is 10.2. The largest absolute Gasteiger partial charge is 0.433 e. The molecule has 1 rings (SSSR count). The molecule has 0 saturated carbocycles. The summed E-state index contributed by atoms with van der Waals surface area (Å²) in [6.45, 7) is 3.39. The Hall–Kier alpha value is -1.04. The maximum Gasteiger partial charge on any atom is 0.433 e. The molecule has 1 heterocycles. The molecule has 1 aromatic heterocycles. The lowest BCUT2D eigenvalue weighted by molar-refractivity contribution is -0.144. The summed E-state index contributed by atoms with van der Waals surface area (Å²) in [6.07, 6.45) is -4.36. The van der Waals surface area contributed by atoms with Gasteiger partial charge in [-0.2, -0.15) is 18.3 Å². The Morgan fingerprint density at radius 1 is 1.57 bits per heavy atom. The van der Waals surface area contributed by atoms with Crippen molar-refractivity contribution in [2.24, 2.45) is 5.73 Å². The monoisotopic (exact) mass is 207 g/mol. The van der Waals surface area contributed by atoms with Gasteiger partial charge in [0.25, 0.3) is 0 Å². The fourth-order valence-electron chi connectivity index (χ4n) is 1.13. The molecule has 0 aliphatic carbocycles. The summed E-state index contributed by atoms with van der Waals surface area (Å²) in [6, 6.07) is 0.512. The average molecular weight is 207 g/mol. The number of hydrogen-bond acceptors (Lipinski definition) is 2. The van der Waals surface area contributed by atoms with Gasteiger partial charge in [-0.15, -0.1) is 0 Å². The van der Waals surface area contributed by atoms with E-state index in [9.17, 15) is 13.2 Å². The van der Waals surface area contributed by atoms with E-state index in [1.165, 1.54) is 0 Å². The van der Waals surface area contributed by atoms with E-state index in [2.05, 4.69) is 5.10 Å². The number of aromatic nitrogens is 2. The summed E-state index contributed by atoms with van der Waals surface area (Å²) in [5.41, 5.74) is 4.97. The fraction of sp³-hybridized carbons (Fsp3) is 0.625. The van der Waals surface area contributed by atoms with E-state index < -0.39 is 17.9 Å². The van der Waals surface area contributed by atoms with Crippen LogP contribution in [0, 0.1) is 0 Å². The second-order valence-corrected chi connectivity index (χ2v) is 3.06. The maximum absolute atomic E-state index is 12.4. The first-order valence-electron chi connectivity index (χ1n) is 4.26. The van der Waals surface area contributed by atoms with Crippen LogP contribution in [0.3, 0.4) is 0 Å². The predicted molar refractivity (Wildman–Crippen MR) is 45.5 cm³/mol. The van der Waals surface area contributed by atoms with Crippen molar-refractivity contribution < 1.29 is 13.2 Å². The van der Waals surface area contributed by atoms with Gasteiger partial charge in [0.05, 0.1) is 5.69 Å². The first-order chi connectivity index (χ1) is 6.36. The Morgan fingerprint density at radius 3 is 2.43 bits per heavy atom. The van der Waals surface area contributed by atoms with Crippen LogP contribution in [0.5, 0.6) is 0 Å². The quantitative estimate of drug-likeness (QED) is 0.805. The smallest absolute Gasteiger partial charge is 0.323 e. The van der Waals surface area contributed by atoms with Gasteiger partial charge >= 0.3 is 6.18 Å². The summed E-state index contributed by atoms with van der Waals surface area (Å²) in [5.74, 6) is 0. The minimum atomic E-state index is -4.36. The van der Waals surface area contributed by atoms with Crippen molar-refractivity contribution in [2.45, 2.75) is 32.6 Å². The van der Waals surface area contributed by atoms with Crippen molar-refractivity contribution in [3.05, 3.63) is 17.5 Å². The van der Waals surface area contributed by atoms with Gasteiger partial charge in [0, 0.05) is 12.6 Å². The first kappa shape index (κ1) is 11.0. The molecule has 0 radical (unpaired) electrons. The Kier molecular flexibility index (Phi) is 2.84. The number of nitrogens with zero attached hydrogens (tertiary/aromatic N) is 2. The zero-order valence-electron chi connectivity index (χ0n) is 7.97. The Morgan fingerprint density at radius 2 is 2.14 bits per heavy atom. The lowest BCUT2D eigenvalue weighted by Crippen LogP contribution is -2.13. The van der Waals surface area contributed by atoms with Crippen LogP contribution in [0.2, 0.25) is 0 Å². The highest BCUT2D eigenvalue weighted by atomic mass is 19.4. The Bertz CT molecular complexity index is 314. The van der Waals surface area contributed by atoms with Crippen LogP contribution in [0.4, 0.5) is 13.2 Å². The normalized spacial score (nSPS) is 14.4. The molecule has 2 N–H and O–H groups in total. The molecule has 0 aliphatic rings. The Labute approximate surface area is 79.7 Å². The second-order valence-electron chi connectivity index (χ2n) is 3.06. The molecule has 1 atom stereocenters. The summed E-state index contributed by atoms with van der Waals surface area (Å²) in [7, 11) is 0. The number of nitrogens with two attached hydrogens (primary N) is 1. The Balaban J connectivity index is 3.16. The number of rotatable bonds is 2. The summed E-state index contributed by atoms with van der Waals surface area (Å²) in [5, 5.41) is 3.77. The summed E-state index contributed by atoms with van der Waals surface area (Å²) in [4.78, 5) is 0. The molecule has 0 saturated heterocycles. The van der Waals surface area contributed by atoms with Gasteiger partial charge in [-0.25, -0.2) is 0 Å². The van der Waals surface area contributed by atoms with E-state index in [0.717, 1.165) is 10.7 Å². The highest BCUT2D eigenvalue weighted by Gasteiger charge is 2.35. The van der Waals surface area contributed by atoms with Crippen LogP contribution in [0.1, 0.15) is 31.3 Å². The van der Waals surface area contributed by atoms with Crippen molar-refractivity contribution in [1.82, 2.24) is 9.78 Å². The third kappa shape index (κ3) is 2.06. The van der Waals surface area contributed by atoms with E-state index in [1.54, 1.807) is 13.8 Å². The third-order valence-corrected chi connectivity index (χ3v) is 1.86. The van der Waals surface area contributed by atoms with Crippen LogP contribution in [0.15, 0.2) is 6.07 Å². The van der Waals surface area contributed by atoms with Gasteiger partial charge in [0.15, 0.2) is 0 Å². The third-order valence-electron chi connectivity index (χ3n) is 1.86. The predicted octanol–water partition coefficient (Wildman–Crippen LogP) is 1.94. The SMILES string of the molecule is CCn1nc(C(C)N)cc1C(F)(F)F. The van der Waals surface area contributed by atoms with Crippen molar-refractivity contribution in [2.75, 3.05) is 0 Å². The maximum atomic E-state index is 12.4. The minimum absolute atomic E-state index is 0.182. The van der Waals surface area contributed by atoms with Crippen molar-refractivity contribution >= 4 is 0 Å². The van der Waals surface area contributed by atoms with Crippen LogP contribution < -0.4 is 5.73 Å². The molecule has 1 unspecified atom stereocenters. The molecule has 0 spiro atoms. The van der Waals surface area contributed by atoms with Crippen molar-refractivity contribution in [3.8, 4) is 0 Å². The minimum Gasteiger partial charge on any atom is -0.323 e. The molecule has 1 aromatic rings. The molecule has 80 valence electrons. The van der Waals surface area contributed by atoms with E-state index in [0.29, 0.717) is 0 Å². The molecule has 0 amide bonds. The van der Waals surface area contributed by atoms with Crippen molar-refractivity contribution in [1.29, 1.82) is 0 Å². The van der Waals surface area contributed by atoms with Gasteiger partial charge in [-0.05, 0) is 19.9 Å². The van der Waals surface area contributed by atoms with Gasteiger partial charge in [0.2, 0.25) is 0 Å². The van der Waals surface area contributed by atoms with Crippen molar-refractivity contribution in [3.63, 3.8) is 0 Å². The zero-order chi connectivity index (χ0) is 10.9. The molecule has 14 heavy (non-hydrogen) atoms. The van der Waals surface area contributed by atoms with Crippen LogP contribution in [-0.4, -0.2) is 9.78 Å². The van der Waals surface area contributed by atoms with E-state index in [1.807, 2.05) is 0 Å². The molecule has 0 fully saturated rings. The van der Waals surface area contributed by atoms with E-state index in [4.69, 9.17) is 5.73 Å². The number of hydrogen-bond donors (Lipinski definition) is 1. The van der Waals surface area contributed by atoms with Crippen LogP contribution in [0.25, 0.3) is 0 Å². The van der Waals surface area contributed by atoms with Gasteiger partial charge in [0.1, 0.15) is 5.69 Å². The highest BCUT2D eigenvalue weighted by Crippen LogP contribution is 2.30. The fourth-order valence-corrected chi connectivity index (χ4v) is 1.13. The molecule has 0 aliphatic heterocycles. The van der Waals surface area contributed by atoms with E-state index >= 15 is 0 Å². The van der Waals surface area contributed by atoms with E-state index in [-0.39, 0.29) is 12.2 Å². The molecule has 3 nitrogen and oxygen atoms in total. The number of alkyl halides is 3. The second kappa shape index (κ2) is 3.61. The van der Waals surface area contributed by atoms with Crippen LogP contribution in [-0.2, 0) is 12.7 Å². The molecule has 0 aromatic carbocycles. The number of halogens is 3. The molecule has 0 bridgehead atoms. The van der Waals surface area contributed by atoms with Gasteiger partial charge < -0.3 is 5.73 Å². The van der Waals surface area contributed by atoms with Crippen LogP contribution >= 0.6 is 0 Å². The molecule has 6 heteroatoms. The molecular formula is C8H12F3N3. The average Bonchev–Trinajstić information content (AvgIpc) is 2.46. The lowest BCUT2D eigenvalue weighted by Gasteiger charge is -2.07. The molecular weight excluding hydrogens is 195 g/mol. The zero-order valence-corrected chi connectivity index (χ0v) is 7.97. The topological polar surface area (TPSA) is 43.8 Å².